The topological polar surface area (TPSA) is 52.7 Å². The highest BCUT2D eigenvalue weighted by atomic mass is 35.5. The highest BCUT2D eigenvalue weighted by Crippen LogP contribution is 2.23. The fourth-order valence-corrected chi connectivity index (χ4v) is 2.54. The number of rotatable bonds is 3. The molecule has 0 aliphatic carbocycles. The number of benzene rings is 1. The molecule has 0 amide bonds. The number of hydrogen-bond acceptors (Lipinski definition) is 3. The van der Waals surface area contributed by atoms with Gasteiger partial charge in [-0.1, -0.05) is 23.2 Å². The first kappa shape index (κ1) is 13.1. The maximum absolute atomic E-state index is 12.4. The van der Waals surface area contributed by atoms with Crippen molar-refractivity contribution in [1.29, 1.82) is 0 Å². The van der Waals surface area contributed by atoms with Crippen LogP contribution in [0.5, 0.6) is 0 Å². The van der Waals surface area contributed by atoms with Gasteiger partial charge in [0.05, 0.1) is 28.8 Å². The Hall–Kier alpha value is -1.85. The summed E-state index contributed by atoms with van der Waals surface area (Å²) < 4.78 is 3.28. The zero-order valence-corrected chi connectivity index (χ0v) is 11.8. The number of aromatic nitrogens is 4. The van der Waals surface area contributed by atoms with Crippen LogP contribution in [0.1, 0.15) is 0 Å². The molecule has 5 nitrogen and oxygen atoms in total. The maximum atomic E-state index is 12.4. The minimum atomic E-state index is -0.161. The Morgan fingerprint density at radius 2 is 2.05 bits per heavy atom. The summed E-state index contributed by atoms with van der Waals surface area (Å²) in [5.74, 6) is 0. The van der Waals surface area contributed by atoms with Crippen molar-refractivity contribution in [2.75, 3.05) is 0 Å². The van der Waals surface area contributed by atoms with Gasteiger partial charge in [0.1, 0.15) is 0 Å². The van der Waals surface area contributed by atoms with E-state index in [0.717, 1.165) is 0 Å². The second kappa shape index (κ2) is 5.26. The Bertz CT molecular complexity index is 811. The molecule has 0 atom stereocenters. The molecule has 102 valence electrons. The predicted octanol–water partition coefficient (Wildman–Crippen LogP) is 2.60. The molecule has 0 unspecified atom stereocenters. The Balaban J connectivity index is 2.00. The van der Waals surface area contributed by atoms with E-state index in [1.54, 1.807) is 23.0 Å². The van der Waals surface area contributed by atoms with Gasteiger partial charge in [-0.3, -0.25) is 14.0 Å². The molecule has 2 aromatic heterocycles. The van der Waals surface area contributed by atoms with E-state index < -0.39 is 0 Å². The van der Waals surface area contributed by atoms with Crippen molar-refractivity contribution in [2.24, 2.45) is 0 Å². The van der Waals surface area contributed by atoms with Gasteiger partial charge in [-0.25, -0.2) is 4.98 Å². The fourth-order valence-electron chi connectivity index (χ4n) is 2.00. The third-order valence-electron chi connectivity index (χ3n) is 2.97. The summed E-state index contributed by atoms with van der Waals surface area (Å²) in [7, 11) is 0. The maximum Gasteiger partial charge on any atom is 0.261 e. The Labute approximate surface area is 124 Å². The Kier molecular flexibility index (Phi) is 3.46. The van der Waals surface area contributed by atoms with E-state index in [2.05, 4.69) is 10.1 Å². The quantitative estimate of drug-likeness (QED) is 0.747. The molecule has 2 heterocycles. The highest BCUT2D eigenvalue weighted by Gasteiger charge is 2.08. The van der Waals surface area contributed by atoms with Crippen molar-refractivity contribution in [2.45, 2.75) is 13.1 Å². The molecule has 0 saturated heterocycles. The molecule has 0 saturated carbocycles. The average Bonchev–Trinajstić information content (AvgIpc) is 2.92. The van der Waals surface area contributed by atoms with Gasteiger partial charge in [0, 0.05) is 24.0 Å². The lowest BCUT2D eigenvalue weighted by Gasteiger charge is -2.07. The summed E-state index contributed by atoms with van der Waals surface area (Å²) in [4.78, 5) is 16.6. The van der Waals surface area contributed by atoms with Gasteiger partial charge in [-0.15, -0.1) is 0 Å². The molecule has 0 radical (unpaired) electrons. The first-order chi connectivity index (χ1) is 9.65. The number of halogens is 2. The van der Waals surface area contributed by atoms with E-state index in [1.807, 2.05) is 12.3 Å². The Morgan fingerprint density at radius 1 is 1.20 bits per heavy atom. The molecule has 20 heavy (non-hydrogen) atoms. The SMILES string of the molecule is O=c1c2cc(Cl)cc(Cl)c2ncn1CCn1cccn1. The van der Waals surface area contributed by atoms with Crippen LogP contribution in [-0.4, -0.2) is 19.3 Å². The summed E-state index contributed by atoms with van der Waals surface area (Å²) in [6.07, 6.45) is 5.03. The number of nitrogens with zero attached hydrogens (tertiary/aromatic N) is 4. The molecule has 0 fully saturated rings. The second-order valence-corrected chi connectivity index (χ2v) is 5.14. The minimum Gasteiger partial charge on any atom is -0.297 e. The highest BCUT2D eigenvalue weighted by molar-refractivity contribution is 6.38. The molecule has 0 N–H and O–H groups in total. The van der Waals surface area contributed by atoms with Gasteiger partial charge < -0.3 is 0 Å². The normalized spacial score (nSPS) is 11.1. The monoisotopic (exact) mass is 308 g/mol. The van der Waals surface area contributed by atoms with Crippen molar-refractivity contribution >= 4 is 34.1 Å². The van der Waals surface area contributed by atoms with Crippen LogP contribution in [0, 0.1) is 0 Å². The lowest BCUT2D eigenvalue weighted by atomic mass is 10.2. The smallest absolute Gasteiger partial charge is 0.261 e. The third-order valence-corrected chi connectivity index (χ3v) is 3.48. The zero-order chi connectivity index (χ0) is 14.1. The van der Waals surface area contributed by atoms with Gasteiger partial charge in [0.15, 0.2) is 0 Å². The lowest BCUT2D eigenvalue weighted by molar-refractivity contribution is 0.521. The van der Waals surface area contributed by atoms with Crippen LogP contribution in [0.3, 0.4) is 0 Å². The lowest BCUT2D eigenvalue weighted by Crippen LogP contribution is -2.23. The summed E-state index contributed by atoms with van der Waals surface area (Å²) in [6, 6.07) is 5.00. The van der Waals surface area contributed by atoms with Crippen LogP contribution in [0.15, 0.2) is 41.7 Å². The second-order valence-electron chi connectivity index (χ2n) is 4.30. The van der Waals surface area contributed by atoms with Crippen LogP contribution in [0.2, 0.25) is 10.0 Å². The predicted molar refractivity (Wildman–Crippen MR) is 78.3 cm³/mol. The van der Waals surface area contributed by atoms with Crippen molar-refractivity contribution < 1.29 is 0 Å². The minimum absolute atomic E-state index is 0.161. The van der Waals surface area contributed by atoms with Gasteiger partial charge in [0.25, 0.3) is 5.56 Å². The molecule has 0 spiro atoms. The molecule has 0 bridgehead atoms. The van der Waals surface area contributed by atoms with Crippen molar-refractivity contribution in [3.8, 4) is 0 Å². The largest absolute Gasteiger partial charge is 0.297 e. The van der Waals surface area contributed by atoms with Crippen molar-refractivity contribution in [1.82, 2.24) is 19.3 Å². The van der Waals surface area contributed by atoms with Crippen LogP contribution in [-0.2, 0) is 13.1 Å². The van der Waals surface area contributed by atoms with Crippen LogP contribution in [0.25, 0.3) is 10.9 Å². The van der Waals surface area contributed by atoms with Crippen molar-refractivity contribution in [3.05, 3.63) is 57.3 Å². The summed E-state index contributed by atoms with van der Waals surface area (Å²) in [5.41, 5.74) is 0.308. The van der Waals surface area contributed by atoms with E-state index in [9.17, 15) is 4.79 Å². The van der Waals surface area contributed by atoms with Gasteiger partial charge >= 0.3 is 0 Å². The van der Waals surface area contributed by atoms with Crippen LogP contribution in [0.4, 0.5) is 0 Å². The number of fused-ring (bicyclic) bond motifs is 1. The van der Waals surface area contributed by atoms with E-state index in [-0.39, 0.29) is 5.56 Å². The molecule has 3 rings (SSSR count). The molecular formula is C13H10Cl2N4O. The van der Waals surface area contributed by atoms with Gasteiger partial charge in [-0.2, -0.15) is 5.10 Å². The first-order valence-electron chi connectivity index (χ1n) is 5.97. The van der Waals surface area contributed by atoms with Crippen LogP contribution < -0.4 is 5.56 Å². The third kappa shape index (κ3) is 2.42. The van der Waals surface area contributed by atoms with E-state index >= 15 is 0 Å². The van der Waals surface area contributed by atoms with E-state index in [1.165, 1.54) is 10.9 Å². The molecule has 7 heteroatoms. The van der Waals surface area contributed by atoms with E-state index in [0.29, 0.717) is 34.0 Å². The summed E-state index contributed by atoms with van der Waals surface area (Å²) >= 11 is 12.0. The van der Waals surface area contributed by atoms with Gasteiger partial charge in [-0.05, 0) is 18.2 Å². The standard InChI is InChI=1S/C13H10Cl2N4O/c14-9-6-10-12(11(15)7-9)16-8-18(13(10)20)4-5-19-3-1-2-17-19/h1-3,6-8H,4-5H2. The fraction of sp³-hybridized carbons (Fsp3) is 0.154. The zero-order valence-electron chi connectivity index (χ0n) is 10.3. The number of aryl methyl sites for hydroxylation is 2. The van der Waals surface area contributed by atoms with Crippen LogP contribution >= 0.6 is 23.2 Å². The summed E-state index contributed by atoms with van der Waals surface area (Å²) in [6.45, 7) is 1.07. The summed E-state index contributed by atoms with van der Waals surface area (Å²) in [5, 5.41) is 5.31. The van der Waals surface area contributed by atoms with E-state index in [4.69, 9.17) is 23.2 Å². The molecule has 3 aromatic rings. The van der Waals surface area contributed by atoms with Gasteiger partial charge in [0.2, 0.25) is 0 Å². The molecule has 0 aliphatic heterocycles. The molecule has 0 aliphatic rings. The Morgan fingerprint density at radius 3 is 2.80 bits per heavy atom. The average molecular weight is 309 g/mol. The first-order valence-corrected chi connectivity index (χ1v) is 6.72. The number of hydrogen-bond donors (Lipinski definition) is 0. The van der Waals surface area contributed by atoms with Crippen molar-refractivity contribution in [3.63, 3.8) is 0 Å². The molecular weight excluding hydrogens is 299 g/mol. The molecule has 1 aromatic carbocycles.